The standard InChI is InChI=1S/C31H40O16/c1-12(8-14-4-6-16(32)18(10-14)43-3)13(2)9-15-5-7-17(44-30-24(37)20(33)22(35)26(46-30)28(39)40)19(11-15)45-31-25(38)21(34)23(36)27(47-31)29(41)42/h4-7,10-13,20-27,30-38H,8-9H2,1-3H3,(H,39,40)(H,41,42)/t12?,13?,20-,21+,22-,23+,24+,25-,26-,27+,30+,31-/m0/s1. The van der Waals surface area contributed by atoms with Crippen LogP contribution in [0.2, 0.25) is 0 Å². The Bertz CT molecular complexity index is 1400. The fraction of sp³-hybridized carbons (Fsp3) is 0.548. The molecule has 2 aromatic carbocycles. The molecule has 2 aromatic rings. The molecule has 0 aliphatic carbocycles. The molecule has 16 nitrogen and oxygen atoms in total. The number of carbonyl (C=O) groups is 2. The highest BCUT2D eigenvalue weighted by Gasteiger charge is 2.50. The number of carboxylic acid groups (broad SMARTS) is 2. The maximum absolute atomic E-state index is 11.6. The quantitative estimate of drug-likeness (QED) is 0.131. The first-order valence-corrected chi connectivity index (χ1v) is 14.8. The van der Waals surface area contributed by atoms with Crippen molar-refractivity contribution >= 4 is 11.9 Å². The van der Waals surface area contributed by atoms with Gasteiger partial charge in [0.25, 0.3) is 0 Å². The number of phenols is 1. The summed E-state index contributed by atoms with van der Waals surface area (Å²) in [6.45, 7) is 4.03. The van der Waals surface area contributed by atoms with Crippen LogP contribution >= 0.6 is 0 Å². The third-order valence-corrected chi connectivity index (χ3v) is 8.45. The van der Waals surface area contributed by atoms with Gasteiger partial charge in [-0.2, -0.15) is 0 Å². The molecule has 16 heteroatoms. The zero-order chi connectivity index (χ0) is 34.7. The predicted octanol–water partition coefficient (Wildman–Crippen LogP) is -1.000. The Morgan fingerprint density at radius 1 is 0.660 bits per heavy atom. The van der Waals surface area contributed by atoms with Crippen molar-refractivity contribution in [3.63, 3.8) is 0 Å². The van der Waals surface area contributed by atoms with Gasteiger partial charge in [-0.3, -0.25) is 0 Å². The lowest BCUT2D eigenvalue weighted by Crippen LogP contribution is -2.61. The van der Waals surface area contributed by atoms with Gasteiger partial charge in [0.2, 0.25) is 12.6 Å². The number of hydrogen-bond donors (Lipinski definition) is 9. The minimum absolute atomic E-state index is 0.0193. The molecule has 47 heavy (non-hydrogen) atoms. The van der Waals surface area contributed by atoms with Gasteiger partial charge >= 0.3 is 11.9 Å². The number of aliphatic hydroxyl groups excluding tert-OH is 6. The first kappa shape index (κ1) is 36.1. The monoisotopic (exact) mass is 668 g/mol. The number of hydrogen-bond acceptors (Lipinski definition) is 14. The first-order chi connectivity index (χ1) is 22.1. The first-order valence-electron chi connectivity index (χ1n) is 14.8. The Morgan fingerprint density at radius 3 is 1.53 bits per heavy atom. The highest BCUT2D eigenvalue weighted by Crippen LogP contribution is 2.36. The van der Waals surface area contributed by atoms with Crippen molar-refractivity contribution in [2.45, 2.75) is 88.1 Å². The van der Waals surface area contributed by atoms with Gasteiger partial charge in [0.15, 0.2) is 35.2 Å². The Morgan fingerprint density at radius 2 is 1.09 bits per heavy atom. The van der Waals surface area contributed by atoms with Crippen LogP contribution in [0, 0.1) is 11.8 Å². The average Bonchev–Trinajstić information content (AvgIpc) is 3.02. The molecular formula is C31H40O16. The van der Waals surface area contributed by atoms with Gasteiger partial charge in [0.1, 0.15) is 36.6 Å². The average molecular weight is 669 g/mol. The molecular weight excluding hydrogens is 628 g/mol. The number of rotatable bonds is 12. The molecule has 2 heterocycles. The summed E-state index contributed by atoms with van der Waals surface area (Å²) in [6, 6.07) is 9.53. The molecule has 0 radical (unpaired) electrons. The maximum atomic E-state index is 11.6. The zero-order valence-electron chi connectivity index (χ0n) is 25.7. The topological polar surface area (TPSA) is 262 Å². The normalized spacial score (nSPS) is 32.2. The minimum Gasteiger partial charge on any atom is -0.504 e. The maximum Gasteiger partial charge on any atom is 0.335 e. The van der Waals surface area contributed by atoms with Crippen molar-refractivity contribution in [1.29, 1.82) is 0 Å². The highest BCUT2D eigenvalue weighted by atomic mass is 16.7. The molecule has 12 atom stereocenters. The predicted molar refractivity (Wildman–Crippen MR) is 157 cm³/mol. The molecule has 2 aliphatic heterocycles. The van der Waals surface area contributed by atoms with E-state index in [1.165, 1.54) is 19.2 Å². The fourth-order valence-corrected chi connectivity index (χ4v) is 5.41. The summed E-state index contributed by atoms with van der Waals surface area (Å²) >= 11 is 0. The van der Waals surface area contributed by atoms with E-state index in [2.05, 4.69) is 0 Å². The molecule has 9 N–H and O–H groups in total. The molecule has 0 saturated carbocycles. The third kappa shape index (κ3) is 8.05. The van der Waals surface area contributed by atoms with Gasteiger partial charge in [0.05, 0.1) is 7.11 Å². The number of aliphatic carboxylic acids is 2. The van der Waals surface area contributed by atoms with Crippen molar-refractivity contribution in [2.75, 3.05) is 7.11 Å². The van der Waals surface area contributed by atoms with Gasteiger partial charge < -0.3 is 69.6 Å². The van der Waals surface area contributed by atoms with Crippen LogP contribution < -0.4 is 14.2 Å². The van der Waals surface area contributed by atoms with E-state index in [1.54, 1.807) is 24.3 Å². The SMILES string of the molecule is COc1cc(CC(C)C(C)Cc2ccc(O[C@@H]3O[C@H](C(=O)O)[C@@H](O)[C@H](O)[C@H]3O)c(O[C@H]3O[C@@H](C(=O)O)[C@H](O)[C@@H](O)[C@@H]3O)c2)ccc1O. The number of ether oxygens (including phenoxy) is 5. The van der Waals surface area contributed by atoms with Crippen LogP contribution in [-0.4, -0.2) is 126 Å². The van der Waals surface area contributed by atoms with Crippen LogP contribution in [-0.2, 0) is 31.9 Å². The minimum atomic E-state index is -1.98. The van der Waals surface area contributed by atoms with E-state index in [0.717, 1.165) is 5.56 Å². The smallest absolute Gasteiger partial charge is 0.335 e. The second kappa shape index (κ2) is 15.0. The van der Waals surface area contributed by atoms with Crippen molar-refractivity contribution in [2.24, 2.45) is 11.8 Å². The fourth-order valence-electron chi connectivity index (χ4n) is 5.41. The molecule has 260 valence electrons. The van der Waals surface area contributed by atoms with E-state index in [4.69, 9.17) is 23.7 Å². The van der Waals surface area contributed by atoms with Gasteiger partial charge in [-0.1, -0.05) is 26.0 Å². The number of benzene rings is 2. The molecule has 2 saturated heterocycles. The lowest BCUT2D eigenvalue weighted by Gasteiger charge is -2.40. The van der Waals surface area contributed by atoms with E-state index < -0.39 is 73.4 Å². The van der Waals surface area contributed by atoms with E-state index in [9.17, 15) is 55.5 Å². The summed E-state index contributed by atoms with van der Waals surface area (Å²) in [5, 5.41) is 90.4. The molecule has 0 bridgehead atoms. The molecule has 0 aromatic heterocycles. The molecule has 2 unspecified atom stereocenters. The summed E-state index contributed by atoms with van der Waals surface area (Å²) in [6.07, 6.45) is -18.3. The van der Waals surface area contributed by atoms with Crippen molar-refractivity contribution in [3.05, 3.63) is 47.5 Å². The van der Waals surface area contributed by atoms with Crippen LogP contribution in [0.25, 0.3) is 0 Å². The lowest BCUT2D eigenvalue weighted by molar-refractivity contribution is -0.276. The van der Waals surface area contributed by atoms with E-state index in [1.807, 2.05) is 13.8 Å². The summed E-state index contributed by atoms with van der Waals surface area (Å²) in [5.41, 5.74) is 1.58. The molecule has 2 fully saturated rings. The number of methoxy groups -OCH3 is 1. The van der Waals surface area contributed by atoms with E-state index in [0.29, 0.717) is 24.2 Å². The summed E-state index contributed by atoms with van der Waals surface area (Å²) in [4.78, 5) is 23.2. The number of aromatic hydroxyl groups is 1. The van der Waals surface area contributed by atoms with Crippen molar-refractivity contribution in [1.82, 2.24) is 0 Å². The zero-order valence-corrected chi connectivity index (χ0v) is 25.7. The van der Waals surface area contributed by atoms with Gasteiger partial charge in [-0.05, 0) is 60.1 Å². The summed E-state index contributed by atoms with van der Waals surface area (Å²) in [7, 11) is 1.46. The van der Waals surface area contributed by atoms with Gasteiger partial charge in [-0.15, -0.1) is 0 Å². The third-order valence-electron chi connectivity index (χ3n) is 8.45. The lowest BCUT2D eigenvalue weighted by atomic mass is 9.85. The van der Waals surface area contributed by atoms with Crippen LogP contribution in [0.5, 0.6) is 23.0 Å². The Hall–Kier alpha value is -3.74. The van der Waals surface area contributed by atoms with Crippen LogP contribution in [0.3, 0.4) is 0 Å². The Labute approximate surface area is 268 Å². The summed E-state index contributed by atoms with van der Waals surface area (Å²) in [5.74, 6) is -3.21. The summed E-state index contributed by atoms with van der Waals surface area (Å²) < 4.78 is 27.1. The highest BCUT2D eigenvalue weighted by molar-refractivity contribution is 5.74. The molecule has 4 rings (SSSR count). The van der Waals surface area contributed by atoms with Crippen molar-refractivity contribution in [3.8, 4) is 23.0 Å². The Kier molecular flexibility index (Phi) is 11.5. The second-order valence-corrected chi connectivity index (χ2v) is 11.9. The largest absolute Gasteiger partial charge is 0.504 e. The van der Waals surface area contributed by atoms with Crippen molar-refractivity contribution < 1.29 is 79.2 Å². The van der Waals surface area contributed by atoms with Crippen LogP contribution in [0.15, 0.2) is 36.4 Å². The van der Waals surface area contributed by atoms with Gasteiger partial charge in [0, 0.05) is 0 Å². The number of aliphatic hydroxyl groups is 6. The molecule has 0 spiro atoms. The molecule has 0 amide bonds. The van der Waals surface area contributed by atoms with E-state index >= 15 is 0 Å². The number of carboxylic acids is 2. The number of phenolic OH excluding ortho intramolecular Hbond substituents is 1. The second-order valence-electron chi connectivity index (χ2n) is 11.9. The Balaban J connectivity index is 1.61. The van der Waals surface area contributed by atoms with Crippen LogP contribution in [0.4, 0.5) is 0 Å². The van der Waals surface area contributed by atoms with E-state index in [-0.39, 0.29) is 29.1 Å². The van der Waals surface area contributed by atoms with Crippen LogP contribution in [0.1, 0.15) is 25.0 Å². The molecule has 2 aliphatic rings. The van der Waals surface area contributed by atoms with Gasteiger partial charge in [-0.25, -0.2) is 9.59 Å².